The maximum Gasteiger partial charge on any atom is 0.335 e. The largest absolute Gasteiger partial charge is 0.493 e. The van der Waals surface area contributed by atoms with Crippen molar-refractivity contribution in [2.45, 2.75) is 6.92 Å². The Kier molecular flexibility index (Phi) is 6.23. The topological polar surface area (TPSA) is 84.9 Å². The van der Waals surface area contributed by atoms with Crippen molar-refractivity contribution in [3.63, 3.8) is 0 Å². The van der Waals surface area contributed by atoms with E-state index in [1.165, 1.54) is 19.3 Å². The SMILES string of the molecule is C=CCOc1c(Cl)cc(/C=C2\C(=O)NC(=O)N(c3cccc(C)c3)C2=O)cc1OC. The molecule has 0 spiro atoms. The molecule has 1 aliphatic heterocycles. The molecule has 7 nitrogen and oxygen atoms in total. The number of hydrogen-bond donors (Lipinski definition) is 1. The molecule has 0 atom stereocenters. The third-order valence-corrected chi connectivity index (χ3v) is 4.55. The van der Waals surface area contributed by atoms with Gasteiger partial charge in [0.25, 0.3) is 11.8 Å². The minimum atomic E-state index is -0.809. The van der Waals surface area contributed by atoms with Crippen LogP contribution in [0.4, 0.5) is 10.5 Å². The Morgan fingerprint density at radius 1 is 1.20 bits per heavy atom. The molecule has 8 heteroatoms. The second kappa shape index (κ2) is 8.84. The van der Waals surface area contributed by atoms with Gasteiger partial charge in [0.2, 0.25) is 0 Å². The number of hydrogen-bond acceptors (Lipinski definition) is 5. The first kappa shape index (κ1) is 21.1. The Bertz CT molecular complexity index is 1080. The third-order valence-electron chi connectivity index (χ3n) is 4.27. The number of imide groups is 2. The molecule has 0 saturated carbocycles. The smallest absolute Gasteiger partial charge is 0.335 e. The summed E-state index contributed by atoms with van der Waals surface area (Å²) in [5, 5.41) is 2.42. The second-order valence-corrected chi connectivity index (χ2v) is 6.84. The molecule has 0 radical (unpaired) electrons. The molecule has 1 fully saturated rings. The normalized spacial score (nSPS) is 15.2. The lowest BCUT2D eigenvalue weighted by atomic mass is 10.1. The van der Waals surface area contributed by atoms with Crippen molar-refractivity contribution in [2.75, 3.05) is 18.6 Å². The molecule has 3 rings (SSSR count). The number of anilines is 1. The average Bonchev–Trinajstić information content (AvgIpc) is 2.70. The number of carbonyl (C=O) groups excluding carboxylic acids is 3. The quantitative estimate of drug-likeness (QED) is 0.430. The fraction of sp³-hybridized carbons (Fsp3) is 0.136. The zero-order chi connectivity index (χ0) is 21.8. The lowest BCUT2D eigenvalue weighted by Crippen LogP contribution is -2.54. The van der Waals surface area contributed by atoms with E-state index in [-0.39, 0.29) is 17.2 Å². The van der Waals surface area contributed by atoms with Crippen LogP contribution in [0.3, 0.4) is 0 Å². The van der Waals surface area contributed by atoms with Gasteiger partial charge in [0.15, 0.2) is 11.5 Å². The van der Waals surface area contributed by atoms with E-state index in [2.05, 4.69) is 11.9 Å². The van der Waals surface area contributed by atoms with Crippen LogP contribution in [0, 0.1) is 6.92 Å². The number of halogens is 1. The summed E-state index contributed by atoms with van der Waals surface area (Å²) < 4.78 is 10.8. The van der Waals surface area contributed by atoms with Crippen LogP contribution in [0.1, 0.15) is 11.1 Å². The van der Waals surface area contributed by atoms with Gasteiger partial charge in [0.05, 0.1) is 17.8 Å². The van der Waals surface area contributed by atoms with Crippen molar-refractivity contribution >= 4 is 41.2 Å². The fourth-order valence-electron chi connectivity index (χ4n) is 2.93. The Balaban J connectivity index is 2.02. The molecule has 0 aromatic heterocycles. The highest BCUT2D eigenvalue weighted by atomic mass is 35.5. The number of amides is 4. The number of urea groups is 1. The molecule has 4 amide bonds. The van der Waals surface area contributed by atoms with Gasteiger partial charge < -0.3 is 9.47 Å². The summed E-state index contributed by atoms with van der Waals surface area (Å²) in [5.41, 5.74) is 1.44. The van der Waals surface area contributed by atoms with Gasteiger partial charge in [-0.05, 0) is 48.4 Å². The van der Waals surface area contributed by atoms with Gasteiger partial charge in [-0.3, -0.25) is 14.9 Å². The van der Waals surface area contributed by atoms with E-state index in [1.54, 1.807) is 30.3 Å². The number of carbonyl (C=O) groups is 3. The Labute approximate surface area is 178 Å². The van der Waals surface area contributed by atoms with E-state index in [4.69, 9.17) is 21.1 Å². The summed E-state index contributed by atoms with van der Waals surface area (Å²) in [7, 11) is 1.44. The highest BCUT2D eigenvalue weighted by Gasteiger charge is 2.36. The monoisotopic (exact) mass is 426 g/mol. The summed E-state index contributed by atoms with van der Waals surface area (Å²) in [6.07, 6.45) is 2.91. The molecule has 0 aliphatic carbocycles. The van der Waals surface area contributed by atoms with E-state index in [9.17, 15) is 14.4 Å². The first-order valence-electron chi connectivity index (χ1n) is 8.95. The van der Waals surface area contributed by atoms with E-state index >= 15 is 0 Å². The van der Waals surface area contributed by atoms with Crippen molar-refractivity contribution in [3.8, 4) is 11.5 Å². The van der Waals surface area contributed by atoms with Gasteiger partial charge in [-0.15, -0.1) is 0 Å². The Hall–Kier alpha value is -3.58. The van der Waals surface area contributed by atoms with Crippen LogP contribution in [0.2, 0.25) is 5.02 Å². The maximum atomic E-state index is 13.0. The first-order valence-corrected chi connectivity index (χ1v) is 9.33. The van der Waals surface area contributed by atoms with Crippen LogP contribution in [-0.4, -0.2) is 31.6 Å². The number of nitrogens with zero attached hydrogens (tertiary/aromatic N) is 1. The zero-order valence-electron chi connectivity index (χ0n) is 16.4. The van der Waals surface area contributed by atoms with Gasteiger partial charge in [0, 0.05) is 0 Å². The van der Waals surface area contributed by atoms with Crippen LogP contribution < -0.4 is 19.7 Å². The lowest BCUT2D eigenvalue weighted by molar-refractivity contribution is -0.122. The molecule has 0 unspecified atom stereocenters. The van der Waals surface area contributed by atoms with E-state index in [0.717, 1.165) is 10.5 Å². The lowest BCUT2D eigenvalue weighted by Gasteiger charge is -2.26. The Morgan fingerprint density at radius 3 is 2.63 bits per heavy atom. The third kappa shape index (κ3) is 4.21. The molecular weight excluding hydrogens is 408 g/mol. The number of barbiturate groups is 1. The summed E-state index contributed by atoms with van der Waals surface area (Å²) >= 11 is 6.29. The predicted molar refractivity (Wildman–Crippen MR) is 114 cm³/mol. The van der Waals surface area contributed by atoms with Crippen LogP contribution in [0.25, 0.3) is 6.08 Å². The number of rotatable bonds is 6. The molecular formula is C22H19ClN2O5. The van der Waals surface area contributed by atoms with Crippen LogP contribution in [0.15, 0.2) is 54.6 Å². The average molecular weight is 427 g/mol. The van der Waals surface area contributed by atoms with Crippen LogP contribution in [0.5, 0.6) is 11.5 Å². The summed E-state index contributed by atoms with van der Waals surface area (Å²) in [6, 6.07) is 9.14. The van der Waals surface area contributed by atoms with Crippen molar-refractivity contribution in [2.24, 2.45) is 0 Å². The van der Waals surface area contributed by atoms with Crippen molar-refractivity contribution in [1.29, 1.82) is 0 Å². The molecule has 1 N–H and O–H groups in total. The zero-order valence-corrected chi connectivity index (χ0v) is 17.2. The number of ether oxygens (including phenoxy) is 2. The van der Waals surface area contributed by atoms with Crippen molar-refractivity contribution in [1.82, 2.24) is 5.32 Å². The summed E-state index contributed by atoms with van der Waals surface area (Å²) in [5.74, 6) is -0.893. The summed E-state index contributed by atoms with van der Waals surface area (Å²) in [6.45, 7) is 5.65. The second-order valence-electron chi connectivity index (χ2n) is 6.43. The summed E-state index contributed by atoms with van der Waals surface area (Å²) in [4.78, 5) is 38.6. The van der Waals surface area contributed by atoms with Crippen LogP contribution in [-0.2, 0) is 9.59 Å². The first-order chi connectivity index (χ1) is 14.3. The van der Waals surface area contributed by atoms with Gasteiger partial charge in [-0.2, -0.15) is 0 Å². The molecule has 1 saturated heterocycles. The van der Waals surface area contributed by atoms with Gasteiger partial charge in [-0.25, -0.2) is 9.69 Å². The Morgan fingerprint density at radius 2 is 1.97 bits per heavy atom. The van der Waals surface area contributed by atoms with E-state index in [1.807, 2.05) is 13.0 Å². The molecule has 2 aromatic carbocycles. The standard InChI is InChI=1S/C22H19ClN2O5/c1-4-8-30-19-17(23)11-14(12-18(19)29-3)10-16-20(26)24-22(28)25(21(16)27)15-7-5-6-13(2)9-15/h4-7,9-12H,1,8H2,2-3H3,(H,24,26,28)/b16-10+. The molecule has 1 heterocycles. The highest BCUT2D eigenvalue weighted by Crippen LogP contribution is 2.37. The molecule has 1 aliphatic rings. The fourth-order valence-corrected chi connectivity index (χ4v) is 3.20. The minimum absolute atomic E-state index is 0.214. The van der Waals surface area contributed by atoms with Crippen molar-refractivity contribution in [3.05, 3.63) is 70.8 Å². The molecule has 30 heavy (non-hydrogen) atoms. The number of nitrogens with one attached hydrogen (secondary N) is 1. The van der Waals surface area contributed by atoms with E-state index in [0.29, 0.717) is 22.7 Å². The maximum absolute atomic E-state index is 13.0. The molecule has 2 aromatic rings. The van der Waals surface area contributed by atoms with Crippen molar-refractivity contribution < 1.29 is 23.9 Å². The predicted octanol–water partition coefficient (Wildman–Crippen LogP) is 3.89. The minimum Gasteiger partial charge on any atom is -0.493 e. The van der Waals surface area contributed by atoms with Gasteiger partial charge in [0.1, 0.15) is 12.2 Å². The molecule has 0 bridgehead atoms. The number of aryl methyl sites for hydroxylation is 1. The molecule has 154 valence electrons. The van der Waals surface area contributed by atoms with Gasteiger partial charge in [-0.1, -0.05) is 36.4 Å². The van der Waals surface area contributed by atoms with Gasteiger partial charge >= 0.3 is 6.03 Å². The van der Waals surface area contributed by atoms with E-state index < -0.39 is 17.8 Å². The van der Waals surface area contributed by atoms with Crippen LogP contribution >= 0.6 is 11.6 Å². The number of benzene rings is 2. The number of methoxy groups -OCH3 is 1. The highest BCUT2D eigenvalue weighted by molar-refractivity contribution is 6.39.